The minimum Gasteiger partial charge on any atom is -0.356 e. The monoisotopic (exact) mass is 375 g/mol. The normalized spacial score (nSPS) is 10.8. The summed E-state index contributed by atoms with van der Waals surface area (Å²) < 4.78 is 7.50. The first-order valence-corrected chi connectivity index (χ1v) is 9.42. The highest BCUT2D eigenvalue weighted by Gasteiger charge is 2.15. The Kier molecular flexibility index (Phi) is 5.11. The van der Waals surface area contributed by atoms with Crippen molar-refractivity contribution < 1.29 is 4.52 Å². The number of benzene rings is 1. The Bertz CT molecular complexity index is 1030. The maximum absolute atomic E-state index is 5.46. The molecule has 1 aromatic carbocycles. The summed E-state index contributed by atoms with van der Waals surface area (Å²) in [6.45, 7) is 4.47. The van der Waals surface area contributed by atoms with Gasteiger partial charge in [-0.1, -0.05) is 53.3 Å². The van der Waals surface area contributed by atoms with E-state index >= 15 is 0 Å². The van der Waals surface area contributed by atoms with E-state index in [-0.39, 0.29) is 0 Å². The summed E-state index contributed by atoms with van der Waals surface area (Å²) in [7, 11) is 0. The van der Waals surface area contributed by atoms with Crippen molar-refractivity contribution in [3.63, 3.8) is 0 Å². The van der Waals surface area contributed by atoms with Gasteiger partial charge in [0.2, 0.25) is 0 Å². The SMILES string of the molecule is C=CCn1c(SCc2cc(-c3ccccc3)on2)nnc1-c1ccncc1. The molecule has 0 amide bonds. The molecule has 0 saturated carbocycles. The molecule has 3 aromatic heterocycles. The third kappa shape index (κ3) is 3.83. The van der Waals surface area contributed by atoms with Gasteiger partial charge in [0.15, 0.2) is 16.7 Å². The van der Waals surface area contributed by atoms with Gasteiger partial charge in [-0.05, 0) is 12.1 Å². The molecule has 0 spiro atoms. The number of rotatable bonds is 7. The van der Waals surface area contributed by atoms with Crippen LogP contribution in [0.2, 0.25) is 0 Å². The van der Waals surface area contributed by atoms with E-state index in [1.54, 1.807) is 24.2 Å². The second kappa shape index (κ2) is 8.01. The maximum atomic E-state index is 5.46. The van der Waals surface area contributed by atoms with E-state index in [2.05, 4.69) is 26.9 Å². The average molecular weight is 375 g/mol. The molecule has 7 heteroatoms. The molecule has 0 N–H and O–H groups in total. The second-order valence-corrected chi connectivity index (χ2v) is 6.72. The smallest absolute Gasteiger partial charge is 0.192 e. The van der Waals surface area contributed by atoms with Crippen LogP contribution in [0.5, 0.6) is 0 Å². The maximum Gasteiger partial charge on any atom is 0.192 e. The Labute approximate surface area is 161 Å². The van der Waals surface area contributed by atoms with E-state index in [1.807, 2.05) is 59.2 Å². The van der Waals surface area contributed by atoms with E-state index in [0.29, 0.717) is 12.3 Å². The van der Waals surface area contributed by atoms with Crippen LogP contribution >= 0.6 is 11.8 Å². The first-order chi connectivity index (χ1) is 13.3. The zero-order valence-corrected chi connectivity index (χ0v) is 15.3. The first kappa shape index (κ1) is 17.2. The van der Waals surface area contributed by atoms with Gasteiger partial charge < -0.3 is 4.52 Å². The van der Waals surface area contributed by atoms with Crippen molar-refractivity contribution in [3.05, 3.63) is 79.3 Å². The Morgan fingerprint density at radius 3 is 2.63 bits per heavy atom. The number of hydrogen-bond acceptors (Lipinski definition) is 6. The predicted octanol–water partition coefficient (Wildman–Crippen LogP) is 4.47. The summed E-state index contributed by atoms with van der Waals surface area (Å²) >= 11 is 1.57. The number of allylic oxidation sites excluding steroid dienone is 1. The van der Waals surface area contributed by atoms with Crippen LogP contribution in [-0.4, -0.2) is 24.9 Å². The topological polar surface area (TPSA) is 69.6 Å². The molecule has 0 atom stereocenters. The molecule has 4 aromatic rings. The fourth-order valence-corrected chi connectivity index (χ4v) is 3.49. The van der Waals surface area contributed by atoms with Crippen LogP contribution in [0.3, 0.4) is 0 Å². The summed E-state index contributed by atoms with van der Waals surface area (Å²) in [4.78, 5) is 4.06. The fraction of sp³-hybridized carbons (Fsp3) is 0.100. The summed E-state index contributed by atoms with van der Waals surface area (Å²) in [5, 5.41) is 13.7. The second-order valence-electron chi connectivity index (χ2n) is 5.78. The zero-order chi connectivity index (χ0) is 18.5. The van der Waals surface area contributed by atoms with E-state index in [1.165, 1.54) is 0 Å². The average Bonchev–Trinajstić information content (AvgIpc) is 3.35. The molecule has 0 fully saturated rings. The molecule has 0 unspecified atom stereocenters. The van der Waals surface area contributed by atoms with Crippen molar-refractivity contribution in [2.45, 2.75) is 17.5 Å². The molecule has 27 heavy (non-hydrogen) atoms. The molecule has 3 heterocycles. The Morgan fingerprint density at radius 1 is 1.04 bits per heavy atom. The molecule has 0 radical (unpaired) electrons. The lowest BCUT2D eigenvalue weighted by Gasteiger charge is -2.06. The zero-order valence-electron chi connectivity index (χ0n) is 14.5. The van der Waals surface area contributed by atoms with Crippen molar-refractivity contribution in [3.8, 4) is 22.7 Å². The van der Waals surface area contributed by atoms with Crippen molar-refractivity contribution in [1.29, 1.82) is 0 Å². The van der Waals surface area contributed by atoms with Gasteiger partial charge in [-0.15, -0.1) is 16.8 Å². The summed E-state index contributed by atoms with van der Waals surface area (Å²) in [6.07, 6.45) is 5.33. The third-order valence-electron chi connectivity index (χ3n) is 3.93. The Hall–Kier alpha value is -3.19. The predicted molar refractivity (Wildman–Crippen MR) is 105 cm³/mol. The van der Waals surface area contributed by atoms with Gasteiger partial charge in [0.05, 0.1) is 5.69 Å². The van der Waals surface area contributed by atoms with Crippen LogP contribution in [-0.2, 0) is 12.3 Å². The van der Waals surface area contributed by atoms with Gasteiger partial charge in [0, 0.05) is 41.9 Å². The molecule has 0 aliphatic rings. The van der Waals surface area contributed by atoms with Crippen LogP contribution in [0.1, 0.15) is 5.69 Å². The van der Waals surface area contributed by atoms with Crippen LogP contribution in [0.4, 0.5) is 0 Å². The highest BCUT2D eigenvalue weighted by molar-refractivity contribution is 7.98. The van der Waals surface area contributed by atoms with Crippen LogP contribution in [0.25, 0.3) is 22.7 Å². The van der Waals surface area contributed by atoms with Crippen LogP contribution in [0.15, 0.2) is 83.3 Å². The molecule has 4 rings (SSSR count). The van der Waals surface area contributed by atoms with Gasteiger partial charge in [-0.25, -0.2) is 0 Å². The first-order valence-electron chi connectivity index (χ1n) is 8.43. The van der Waals surface area contributed by atoms with Gasteiger partial charge in [-0.2, -0.15) is 0 Å². The molecule has 134 valence electrons. The highest BCUT2D eigenvalue weighted by Crippen LogP contribution is 2.27. The lowest BCUT2D eigenvalue weighted by Crippen LogP contribution is -2.00. The number of hydrogen-bond donors (Lipinski definition) is 0. The summed E-state index contributed by atoms with van der Waals surface area (Å²) in [5.74, 6) is 2.20. The minimum atomic E-state index is 0.626. The quantitative estimate of drug-likeness (QED) is 0.350. The lowest BCUT2D eigenvalue weighted by atomic mass is 10.2. The van der Waals surface area contributed by atoms with Crippen molar-refractivity contribution in [2.24, 2.45) is 0 Å². The number of aromatic nitrogens is 5. The van der Waals surface area contributed by atoms with Crippen molar-refractivity contribution in [2.75, 3.05) is 0 Å². The summed E-state index contributed by atoms with van der Waals surface area (Å²) in [5.41, 5.74) is 2.84. The minimum absolute atomic E-state index is 0.626. The van der Waals surface area contributed by atoms with Crippen LogP contribution < -0.4 is 0 Å². The van der Waals surface area contributed by atoms with Gasteiger partial charge in [-0.3, -0.25) is 9.55 Å². The largest absolute Gasteiger partial charge is 0.356 e. The van der Waals surface area contributed by atoms with Gasteiger partial charge in [0.25, 0.3) is 0 Å². The van der Waals surface area contributed by atoms with Crippen molar-refractivity contribution in [1.82, 2.24) is 24.9 Å². The Balaban J connectivity index is 1.53. The third-order valence-corrected chi connectivity index (χ3v) is 4.93. The lowest BCUT2D eigenvalue weighted by molar-refractivity contribution is 0.426. The Morgan fingerprint density at radius 2 is 1.85 bits per heavy atom. The fourth-order valence-electron chi connectivity index (χ4n) is 2.66. The van der Waals surface area contributed by atoms with Crippen molar-refractivity contribution >= 4 is 11.8 Å². The van der Waals surface area contributed by atoms with E-state index < -0.39 is 0 Å². The van der Waals surface area contributed by atoms with E-state index in [4.69, 9.17) is 4.52 Å². The van der Waals surface area contributed by atoms with Gasteiger partial charge in [0.1, 0.15) is 0 Å². The highest BCUT2D eigenvalue weighted by atomic mass is 32.2. The van der Waals surface area contributed by atoms with Gasteiger partial charge >= 0.3 is 0 Å². The number of pyridine rings is 1. The molecular formula is C20H17N5OS. The molecule has 0 aliphatic heterocycles. The number of thioether (sulfide) groups is 1. The van der Waals surface area contributed by atoms with E-state index in [9.17, 15) is 0 Å². The van der Waals surface area contributed by atoms with E-state index in [0.717, 1.165) is 33.6 Å². The standard InChI is InChI=1S/C20H17N5OS/c1-2-12-25-19(16-8-10-21-11-9-16)22-23-20(25)27-14-17-13-18(26-24-17)15-6-4-3-5-7-15/h2-11,13H,1,12,14H2. The molecule has 6 nitrogen and oxygen atoms in total. The summed E-state index contributed by atoms with van der Waals surface area (Å²) in [6, 6.07) is 15.7. The molecule has 0 aliphatic carbocycles. The number of nitrogens with zero attached hydrogens (tertiary/aromatic N) is 5. The molecular weight excluding hydrogens is 358 g/mol. The van der Waals surface area contributed by atoms with Crippen LogP contribution in [0, 0.1) is 0 Å². The molecule has 0 saturated heterocycles. The molecule has 0 bridgehead atoms.